The molecule has 5 N–H and O–H groups in total. The molecule has 144 valence electrons. The summed E-state index contributed by atoms with van der Waals surface area (Å²) in [5, 5.41) is 17.5. The lowest BCUT2D eigenvalue weighted by molar-refractivity contribution is -0.115. The number of halogens is 2. The largest absolute Gasteiger partial charge is 0.755 e. The zero-order chi connectivity index (χ0) is 20.3. The van der Waals surface area contributed by atoms with Gasteiger partial charge in [-0.3, -0.25) is 18.7 Å². The van der Waals surface area contributed by atoms with Gasteiger partial charge in [0.2, 0.25) is 5.91 Å². The second-order valence-electron chi connectivity index (χ2n) is 4.86. The predicted molar refractivity (Wildman–Crippen MR) is 91.7 cm³/mol. The molecule has 2 rings (SSSR count). The van der Waals surface area contributed by atoms with Crippen LogP contribution in [0.1, 0.15) is 16.9 Å². The van der Waals surface area contributed by atoms with Crippen LogP contribution in [0.3, 0.4) is 0 Å². The van der Waals surface area contributed by atoms with E-state index in [0.717, 1.165) is 5.51 Å². The van der Waals surface area contributed by atoms with Crippen molar-refractivity contribution >= 4 is 56.7 Å². The van der Waals surface area contributed by atoms with Gasteiger partial charge < -0.3 is 20.7 Å². The second kappa shape index (κ2) is 8.15. The van der Waals surface area contributed by atoms with Crippen LogP contribution in [-0.2, 0) is 16.1 Å². The Morgan fingerprint density at radius 3 is 2.48 bits per heavy atom. The highest BCUT2D eigenvalue weighted by atomic mass is 32.2. The normalized spacial score (nSPS) is 11.7. The van der Waals surface area contributed by atoms with Gasteiger partial charge in [0.15, 0.2) is 17.3 Å². The molecule has 0 radical (unpaired) electrons. The van der Waals surface area contributed by atoms with E-state index in [-0.39, 0.29) is 5.00 Å². The zero-order valence-electron chi connectivity index (χ0n) is 13.1. The Morgan fingerprint density at radius 2 is 2.00 bits per heavy atom. The fraction of sp³-hybridized carbons (Fsp3) is 0.0769. The average Bonchev–Trinajstić information content (AvgIpc) is 2.99. The number of nitrogens with two attached hydrogens (primary N) is 1. The number of aromatic nitrogens is 1. The van der Waals surface area contributed by atoms with Crippen LogP contribution in [-0.4, -0.2) is 36.6 Å². The summed E-state index contributed by atoms with van der Waals surface area (Å²) in [5.41, 5.74) is 4.04. The van der Waals surface area contributed by atoms with Gasteiger partial charge in [0, 0.05) is 12.1 Å². The third-order valence-corrected chi connectivity index (χ3v) is 4.58. The number of nitrogens with zero attached hydrogens (tertiary/aromatic N) is 2. The SMILES string of the molecule is N=C(N)CC(=O)Nc1c(F)cc(N(c2scnc2C(=O)O)S(=O)[O-])cc1F. The standard InChI is InChI=1S/C13H11F2N5O5S2/c14-6-1-5(2-7(15)10(6)19-9(21)3-8(16)17)20(27(24)25)12-11(13(22)23)18-4-26-12/h1-2,4H,3H2,(H3,16,17)(H,19,21)(H,22,23)(H,24,25)/p-1. The number of amidine groups is 1. The number of carboxylic acids is 1. The smallest absolute Gasteiger partial charge is 0.357 e. The first kappa shape index (κ1) is 20.3. The summed E-state index contributed by atoms with van der Waals surface area (Å²) in [5.74, 6) is -5.65. The molecule has 1 amide bonds. The Hall–Kier alpha value is -2.97. The summed E-state index contributed by atoms with van der Waals surface area (Å²) in [7, 11) is 0. The number of nitrogens with one attached hydrogen (secondary N) is 2. The fourth-order valence-corrected chi connectivity index (χ4v) is 3.48. The summed E-state index contributed by atoms with van der Waals surface area (Å²) in [6, 6.07) is 1.18. The first-order valence-corrected chi connectivity index (χ1v) is 8.71. The molecular formula is C13H10F2N5O5S2-. The lowest BCUT2D eigenvalue weighted by atomic mass is 10.2. The van der Waals surface area contributed by atoms with Crippen molar-refractivity contribution in [1.82, 2.24) is 4.98 Å². The second-order valence-corrected chi connectivity index (χ2v) is 6.49. The van der Waals surface area contributed by atoms with E-state index in [2.05, 4.69) is 4.98 Å². The summed E-state index contributed by atoms with van der Waals surface area (Å²) in [6.07, 6.45) is -0.597. The number of anilines is 3. The van der Waals surface area contributed by atoms with Gasteiger partial charge in [-0.15, -0.1) is 11.3 Å². The summed E-state index contributed by atoms with van der Waals surface area (Å²) in [6.45, 7) is 0. The van der Waals surface area contributed by atoms with Gasteiger partial charge in [-0.2, -0.15) is 0 Å². The summed E-state index contributed by atoms with van der Waals surface area (Å²) in [4.78, 5) is 26.1. The van der Waals surface area contributed by atoms with E-state index >= 15 is 0 Å². The number of benzene rings is 1. The Morgan fingerprint density at radius 1 is 1.41 bits per heavy atom. The number of thiazole rings is 1. The molecule has 0 bridgehead atoms. The molecule has 0 aliphatic carbocycles. The Bertz CT molecular complexity index is 928. The molecule has 0 aliphatic heterocycles. The number of rotatable bonds is 7. The number of carboxylic acid groups (broad SMARTS) is 1. The Balaban J connectivity index is 2.46. The van der Waals surface area contributed by atoms with E-state index in [1.54, 1.807) is 0 Å². The number of hydrogen-bond donors (Lipinski definition) is 4. The van der Waals surface area contributed by atoms with E-state index in [9.17, 15) is 27.1 Å². The van der Waals surface area contributed by atoms with E-state index in [0.29, 0.717) is 27.8 Å². The van der Waals surface area contributed by atoms with Crippen LogP contribution in [0.4, 0.5) is 25.2 Å². The molecule has 0 saturated carbocycles. The van der Waals surface area contributed by atoms with Gasteiger partial charge in [0.05, 0.1) is 28.9 Å². The predicted octanol–water partition coefficient (Wildman–Crippen LogP) is 1.32. The molecule has 14 heteroatoms. The topological polar surface area (TPSA) is 173 Å². The van der Waals surface area contributed by atoms with E-state index in [1.165, 1.54) is 0 Å². The van der Waals surface area contributed by atoms with Crippen LogP contribution in [0, 0.1) is 17.0 Å². The first-order valence-electron chi connectivity index (χ1n) is 6.80. The van der Waals surface area contributed by atoms with Crippen molar-refractivity contribution in [1.29, 1.82) is 5.41 Å². The van der Waals surface area contributed by atoms with Gasteiger partial charge in [-0.1, -0.05) is 0 Å². The number of aromatic carboxylic acids is 1. The third-order valence-electron chi connectivity index (χ3n) is 2.96. The number of carbonyl (C=O) groups is 2. The van der Waals surface area contributed by atoms with Gasteiger partial charge in [0.25, 0.3) is 0 Å². The lowest BCUT2D eigenvalue weighted by Gasteiger charge is -2.25. The highest BCUT2D eigenvalue weighted by Crippen LogP contribution is 2.35. The van der Waals surface area contributed by atoms with Gasteiger partial charge in [0.1, 0.15) is 16.5 Å². The van der Waals surface area contributed by atoms with Crippen molar-refractivity contribution in [2.24, 2.45) is 5.73 Å². The summed E-state index contributed by atoms with van der Waals surface area (Å²) >= 11 is -2.50. The molecule has 0 saturated heterocycles. The van der Waals surface area contributed by atoms with Crippen LogP contribution in [0.5, 0.6) is 0 Å². The molecule has 0 spiro atoms. The zero-order valence-corrected chi connectivity index (χ0v) is 14.7. The first-order chi connectivity index (χ1) is 12.6. The number of hydrogen-bond acceptors (Lipinski definition) is 7. The monoisotopic (exact) mass is 418 g/mol. The number of carbonyl (C=O) groups excluding carboxylic acids is 1. The van der Waals surface area contributed by atoms with Crippen LogP contribution in [0.15, 0.2) is 17.6 Å². The minimum Gasteiger partial charge on any atom is -0.755 e. The van der Waals surface area contributed by atoms with Gasteiger partial charge >= 0.3 is 5.97 Å². The molecular weight excluding hydrogens is 408 g/mol. The van der Waals surface area contributed by atoms with Crippen molar-refractivity contribution in [2.75, 3.05) is 9.62 Å². The van der Waals surface area contributed by atoms with Gasteiger partial charge in [-0.05, 0) is 0 Å². The average molecular weight is 418 g/mol. The van der Waals surface area contributed by atoms with Crippen molar-refractivity contribution in [3.05, 3.63) is 35.0 Å². The van der Waals surface area contributed by atoms with Crippen molar-refractivity contribution in [3.8, 4) is 0 Å². The van der Waals surface area contributed by atoms with Crippen molar-refractivity contribution in [2.45, 2.75) is 6.42 Å². The van der Waals surface area contributed by atoms with Crippen LogP contribution >= 0.6 is 11.3 Å². The van der Waals surface area contributed by atoms with Crippen LogP contribution in [0.25, 0.3) is 0 Å². The lowest BCUT2D eigenvalue weighted by Crippen LogP contribution is -2.23. The molecule has 1 heterocycles. The fourth-order valence-electron chi connectivity index (χ4n) is 1.95. The maximum absolute atomic E-state index is 14.2. The van der Waals surface area contributed by atoms with E-state index < -0.39 is 64.1 Å². The molecule has 27 heavy (non-hydrogen) atoms. The quantitative estimate of drug-likeness (QED) is 0.298. The molecule has 1 unspecified atom stereocenters. The minimum absolute atomic E-state index is 0.356. The molecule has 1 aromatic carbocycles. The molecule has 0 aliphatic rings. The molecule has 1 aromatic heterocycles. The number of amides is 1. The third kappa shape index (κ3) is 4.60. The van der Waals surface area contributed by atoms with Crippen LogP contribution < -0.4 is 15.4 Å². The maximum atomic E-state index is 14.2. The van der Waals surface area contributed by atoms with E-state index in [1.807, 2.05) is 5.32 Å². The highest BCUT2D eigenvalue weighted by molar-refractivity contribution is 7.81. The molecule has 0 fully saturated rings. The Kier molecular flexibility index (Phi) is 6.14. The summed E-state index contributed by atoms with van der Waals surface area (Å²) < 4.78 is 51.9. The van der Waals surface area contributed by atoms with Gasteiger partial charge in [-0.25, -0.2) is 18.6 Å². The molecule has 2 aromatic rings. The van der Waals surface area contributed by atoms with Crippen LogP contribution in [0.2, 0.25) is 0 Å². The Labute approximate surface area is 156 Å². The highest BCUT2D eigenvalue weighted by Gasteiger charge is 2.24. The minimum atomic E-state index is -3.13. The molecule has 1 atom stereocenters. The van der Waals surface area contributed by atoms with Crippen molar-refractivity contribution in [3.63, 3.8) is 0 Å². The molecule has 10 nitrogen and oxygen atoms in total. The maximum Gasteiger partial charge on any atom is 0.357 e. The van der Waals surface area contributed by atoms with E-state index in [4.69, 9.17) is 16.2 Å². The van der Waals surface area contributed by atoms with Crippen molar-refractivity contribution < 1.29 is 32.2 Å².